The number of benzene rings is 1. The van der Waals surface area contributed by atoms with Crippen LogP contribution in [0, 0.1) is 0 Å². The van der Waals surface area contributed by atoms with Gasteiger partial charge in [-0.15, -0.1) is 11.3 Å². The van der Waals surface area contributed by atoms with E-state index in [4.69, 9.17) is 0 Å². The van der Waals surface area contributed by atoms with E-state index in [0.29, 0.717) is 18.5 Å². The molecule has 1 fully saturated rings. The van der Waals surface area contributed by atoms with E-state index in [1.165, 1.54) is 12.1 Å². The molecule has 1 aromatic heterocycles. The van der Waals surface area contributed by atoms with Gasteiger partial charge in [0.2, 0.25) is 10.0 Å². The summed E-state index contributed by atoms with van der Waals surface area (Å²) in [6.07, 6.45) is 6.23. The summed E-state index contributed by atoms with van der Waals surface area (Å²) in [6.45, 7) is 0.462. The molecule has 1 amide bonds. The average Bonchev–Trinajstić information content (AvgIpc) is 3.28. The number of thiazole rings is 1. The zero-order chi connectivity index (χ0) is 17.7. The quantitative estimate of drug-likeness (QED) is 0.773. The number of rotatable bonds is 7. The molecule has 0 radical (unpaired) electrons. The van der Waals surface area contributed by atoms with Crippen molar-refractivity contribution in [1.82, 2.24) is 15.0 Å². The molecule has 6 nitrogen and oxygen atoms in total. The number of hydrogen-bond acceptors (Lipinski definition) is 5. The second kappa shape index (κ2) is 8.07. The van der Waals surface area contributed by atoms with Crippen molar-refractivity contribution in [2.75, 3.05) is 6.54 Å². The molecule has 2 aromatic rings. The van der Waals surface area contributed by atoms with Crippen molar-refractivity contribution >= 4 is 27.3 Å². The van der Waals surface area contributed by atoms with Crippen LogP contribution in [-0.4, -0.2) is 31.9 Å². The maximum atomic E-state index is 12.5. The average molecular weight is 380 g/mol. The molecule has 134 valence electrons. The second-order valence-electron chi connectivity index (χ2n) is 6.06. The summed E-state index contributed by atoms with van der Waals surface area (Å²) >= 11 is 1.54. The number of sulfonamides is 1. The van der Waals surface area contributed by atoms with Crippen molar-refractivity contribution < 1.29 is 13.2 Å². The largest absolute Gasteiger partial charge is 0.352 e. The van der Waals surface area contributed by atoms with Crippen molar-refractivity contribution in [1.29, 1.82) is 0 Å². The van der Waals surface area contributed by atoms with Crippen LogP contribution in [0.4, 0.5) is 0 Å². The second-order valence-corrected chi connectivity index (χ2v) is 8.76. The third-order valence-electron chi connectivity index (χ3n) is 4.19. The first-order chi connectivity index (χ1) is 12.0. The van der Waals surface area contributed by atoms with Gasteiger partial charge in [0, 0.05) is 36.1 Å². The minimum absolute atomic E-state index is 0.000721. The Balaban J connectivity index is 1.62. The molecular weight excluding hydrogens is 358 g/mol. The number of aromatic nitrogens is 1. The number of nitrogens with zero attached hydrogens (tertiary/aromatic N) is 1. The number of nitrogens with one attached hydrogen (secondary N) is 2. The summed E-state index contributed by atoms with van der Waals surface area (Å²) in [5.74, 6) is -0.283. The summed E-state index contributed by atoms with van der Waals surface area (Å²) in [6, 6.07) is 6.16. The Morgan fingerprint density at radius 1 is 1.28 bits per heavy atom. The van der Waals surface area contributed by atoms with Crippen molar-refractivity contribution in [2.24, 2.45) is 0 Å². The molecule has 0 aliphatic heterocycles. The maximum absolute atomic E-state index is 12.5. The zero-order valence-corrected chi connectivity index (χ0v) is 15.4. The van der Waals surface area contributed by atoms with Gasteiger partial charge in [-0.2, -0.15) is 0 Å². The first-order valence-electron chi connectivity index (χ1n) is 8.33. The lowest BCUT2D eigenvalue weighted by Crippen LogP contribution is -2.33. The summed E-state index contributed by atoms with van der Waals surface area (Å²) in [5.41, 5.74) is 0.341. The van der Waals surface area contributed by atoms with E-state index >= 15 is 0 Å². The summed E-state index contributed by atoms with van der Waals surface area (Å²) in [5, 5.41) is 5.65. The van der Waals surface area contributed by atoms with Crippen LogP contribution in [0.3, 0.4) is 0 Å². The van der Waals surface area contributed by atoms with E-state index in [2.05, 4.69) is 15.0 Å². The highest BCUT2D eigenvalue weighted by Gasteiger charge is 2.23. The summed E-state index contributed by atoms with van der Waals surface area (Å²) in [4.78, 5) is 16.5. The fourth-order valence-corrected chi connectivity index (χ4v) is 4.87. The van der Waals surface area contributed by atoms with Gasteiger partial charge >= 0.3 is 0 Å². The van der Waals surface area contributed by atoms with Crippen LogP contribution in [-0.2, 0) is 16.4 Å². The van der Waals surface area contributed by atoms with E-state index in [-0.39, 0.29) is 16.8 Å². The normalized spacial score (nSPS) is 15.4. The minimum atomic E-state index is -3.59. The maximum Gasteiger partial charge on any atom is 0.251 e. The topological polar surface area (TPSA) is 88.2 Å². The van der Waals surface area contributed by atoms with Gasteiger partial charge in [0.25, 0.3) is 5.91 Å². The predicted molar refractivity (Wildman–Crippen MR) is 97.2 cm³/mol. The highest BCUT2D eigenvalue weighted by molar-refractivity contribution is 7.89. The minimum Gasteiger partial charge on any atom is -0.352 e. The van der Waals surface area contributed by atoms with Gasteiger partial charge in [0.1, 0.15) is 0 Å². The molecular formula is C17H21N3O3S2. The molecule has 1 saturated carbocycles. The van der Waals surface area contributed by atoms with Gasteiger partial charge in [-0.3, -0.25) is 4.79 Å². The van der Waals surface area contributed by atoms with Gasteiger partial charge in [-0.1, -0.05) is 18.9 Å². The summed E-state index contributed by atoms with van der Waals surface area (Å²) < 4.78 is 27.7. The van der Waals surface area contributed by atoms with Crippen molar-refractivity contribution in [2.45, 2.75) is 43.0 Å². The monoisotopic (exact) mass is 379 g/mol. The molecule has 25 heavy (non-hydrogen) atoms. The number of carbonyl (C=O) groups excluding carboxylic acids is 1. The molecule has 0 unspecified atom stereocenters. The van der Waals surface area contributed by atoms with Crippen LogP contribution in [0.5, 0.6) is 0 Å². The van der Waals surface area contributed by atoms with Gasteiger partial charge < -0.3 is 5.32 Å². The lowest BCUT2D eigenvalue weighted by Gasteiger charge is -2.13. The molecule has 0 spiro atoms. The van der Waals surface area contributed by atoms with Crippen LogP contribution in [0.1, 0.15) is 41.0 Å². The molecule has 0 atom stereocenters. The highest BCUT2D eigenvalue weighted by Crippen LogP contribution is 2.20. The number of amides is 1. The molecule has 1 heterocycles. The van der Waals surface area contributed by atoms with Crippen molar-refractivity contribution in [3.8, 4) is 0 Å². The van der Waals surface area contributed by atoms with Crippen LogP contribution < -0.4 is 10.0 Å². The Bertz CT molecular complexity index is 813. The van der Waals surface area contributed by atoms with E-state index in [1.807, 2.05) is 5.38 Å². The van der Waals surface area contributed by atoms with Crippen LogP contribution >= 0.6 is 11.3 Å². The lowest BCUT2D eigenvalue weighted by atomic mass is 10.2. The van der Waals surface area contributed by atoms with Gasteiger partial charge in [-0.25, -0.2) is 18.1 Å². The molecule has 1 aliphatic carbocycles. The van der Waals surface area contributed by atoms with E-state index in [0.717, 1.165) is 30.7 Å². The van der Waals surface area contributed by atoms with Crippen LogP contribution in [0.2, 0.25) is 0 Å². The molecule has 0 saturated heterocycles. The zero-order valence-electron chi connectivity index (χ0n) is 13.8. The van der Waals surface area contributed by atoms with E-state index in [1.54, 1.807) is 29.7 Å². The van der Waals surface area contributed by atoms with Crippen LogP contribution in [0.15, 0.2) is 40.7 Å². The fourth-order valence-electron chi connectivity index (χ4n) is 2.90. The number of carbonyl (C=O) groups is 1. The molecule has 8 heteroatoms. The molecule has 0 bridgehead atoms. The van der Waals surface area contributed by atoms with Gasteiger partial charge in [0.05, 0.1) is 9.90 Å². The fraction of sp³-hybridized carbons (Fsp3) is 0.412. The summed E-state index contributed by atoms with van der Waals surface area (Å²) in [7, 11) is -3.59. The number of hydrogen-bond donors (Lipinski definition) is 2. The Hall–Kier alpha value is -1.77. The third kappa shape index (κ3) is 4.87. The smallest absolute Gasteiger partial charge is 0.251 e. The third-order valence-corrected chi connectivity index (χ3v) is 6.55. The van der Waals surface area contributed by atoms with Crippen LogP contribution in [0.25, 0.3) is 0 Å². The van der Waals surface area contributed by atoms with Gasteiger partial charge in [0.15, 0.2) is 0 Å². The SMILES string of the molecule is O=C(NCCc1nccs1)c1cccc(S(=O)(=O)NC2CCCC2)c1. The Labute approximate surface area is 151 Å². The first-order valence-corrected chi connectivity index (χ1v) is 10.7. The van der Waals surface area contributed by atoms with E-state index in [9.17, 15) is 13.2 Å². The van der Waals surface area contributed by atoms with Gasteiger partial charge in [-0.05, 0) is 31.0 Å². The molecule has 1 aromatic carbocycles. The molecule has 3 rings (SSSR count). The Kier molecular flexibility index (Phi) is 5.82. The standard InChI is InChI=1S/C17H21N3O3S2/c21-17(19-9-8-16-18-10-11-24-16)13-4-3-7-15(12-13)25(22,23)20-14-5-1-2-6-14/h3-4,7,10-12,14,20H,1-2,5-6,8-9H2,(H,19,21). The molecule has 2 N–H and O–H groups in total. The van der Waals surface area contributed by atoms with E-state index < -0.39 is 10.0 Å². The van der Waals surface area contributed by atoms with Crippen molar-refractivity contribution in [3.05, 3.63) is 46.4 Å². The predicted octanol–water partition coefficient (Wildman–Crippen LogP) is 2.34. The highest BCUT2D eigenvalue weighted by atomic mass is 32.2. The Morgan fingerprint density at radius 3 is 2.80 bits per heavy atom. The lowest BCUT2D eigenvalue weighted by molar-refractivity contribution is 0.0954. The first kappa shape index (κ1) is 18.0. The molecule has 1 aliphatic rings. The Morgan fingerprint density at radius 2 is 2.08 bits per heavy atom. The van der Waals surface area contributed by atoms with Crippen molar-refractivity contribution in [3.63, 3.8) is 0 Å².